The van der Waals surface area contributed by atoms with Crippen LogP contribution in [-0.2, 0) is 17.1 Å². The fourth-order valence-electron chi connectivity index (χ4n) is 2.54. The summed E-state index contributed by atoms with van der Waals surface area (Å²) in [6.07, 6.45) is 0. The quantitative estimate of drug-likeness (QED) is 0.808. The molecule has 0 atom stereocenters. The largest absolute Gasteiger partial charge is 0.276 e. The maximum absolute atomic E-state index is 12.8. The number of nitrogens with one attached hydrogen (secondary N) is 1. The molecule has 22 heavy (non-hydrogen) atoms. The third-order valence-electron chi connectivity index (χ3n) is 3.78. The van der Waals surface area contributed by atoms with Gasteiger partial charge in [-0.1, -0.05) is 36.4 Å². The second-order valence-corrected chi connectivity index (χ2v) is 6.90. The van der Waals surface area contributed by atoms with Crippen LogP contribution in [0.3, 0.4) is 0 Å². The number of sulfonamides is 1. The predicted molar refractivity (Wildman–Crippen MR) is 87.4 cm³/mol. The van der Waals surface area contributed by atoms with Crippen molar-refractivity contribution in [3.8, 4) is 0 Å². The van der Waals surface area contributed by atoms with Gasteiger partial charge >= 0.3 is 0 Å². The smallest absolute Gasteiger partial charge is 0.262 e. The molecule has 0 radical (unpaired) electrons. The van der Waals surface area contributed by atoms with Crippen LogP contribution in [0.25, 0.3) is 10.8 Å². The molecule has 3 aromatic rings. The molecule has 0 aliphatic heterocycles. The number of aromatic nitrogens is 2. The van der Waals surface area contributed by atoms with Gasteiger partial charge in [-0.15, -0.1) is 0 Å². The molecule has 0 bridgehead atoms. The molecule has 1 N–H and O–H groups in total. The normalized spacial score (nSPS) is 11.8. The van der Waals surface area contributed by atoms with Gasteiger partial charge in [0, 0.05) is 12.4 Å². The Hall–Kier alpha value is -2.34. The molecule has 2 aromatic carbocycles. The predicted octanol–water partition coefficient (Wildman–Crippen LogP) is 2.99. The van der Waals surface area contributed by atoms with Crippen LogP contribution in [0.4, 0.5) is 5.69 Å². The molecule has 1 heterocycles. The summed E-state index contributed by atoms with van der Waals surface area (Å²) < 4.78 is 29.9. The minimum Gasteiger partial charge on any atom is -0.276 e. The molecule has 0 saturated carbocycles. The lowest BCUT2D eigenvalue weighted by Gasteiger charge is -2.11. The first-order valence-electron chi connectivity index (χ1n) is 6.91. The van der Waals surface area contributed by atoms with Gasteiger partial charge in [-0.2, -0.15) is 5.10 Å². The van der Waals surface area contributed by atoms with E-state index in [2.05, 4.69) is 9.82 Å². The van der Waals surface area contributed by atoms with E-state index in [0.717, 1.165) is 11.1 Å². The summed E-state index contributed by atoms with van der Waals surface area (Å²) in [5, 5.41) is 5.84. The molecule has 0 saturated heterocycles. The first kappa shape index (κ1) is 14.6. The summed E-state index contributed by atoms with van der Waals surface area (Å²) in [6.45, 7) is 3.62. The Balaban J connectivity index is 2.13. The van der Waals surface area contributed by atoms with E-state index in [-0.39, 0.29) is 4.90 Å². The molecular formula is C16H17N3O2S. The lowest BCUT2D eigenvalue weighted by atomic mass is 10.1. The fraction of sp³-hybridized carbons (Fsp3) is 0.188. The second-order valence-electron chi connectivity index (χ2n) is 5.25. The summed E-state index contributed by atoms with van der Waals surface area (Å²) in [6, 6.07) is 12.7. The van der Waals surface area contributed by atoms with E-state index >= 15 is 0 Å². The van der Waals surface area contributed by atoms with Crippen LogP contribution in [0.5, 0.6) is 0 Å². The molecule has 0 amide bonds. The van der Waals surface area contributed by atoms with Crippen molar-refractivity contribution in [2.75, 3.05) is 4.72 Å². The number of anilines is 1. The monoisotopic (exact) mass is 315 g/mol. The lowest BCUT2D eigenvalue weighted by Crippen LogP contribution is -2.14. The molecule has 0 aliphatic carbocycles. The number of rotatable bonds is 3. The summed E-state index contributed by atoms with van der Waals surface area (Å²) in [4.78, 5) is 0.272. The first-order chi connectivity index (χ1) is 10.4. The first-order valence-corrected chi connectivity index (χ1v) is 8.39. The molecule has 1 aromatic heterocycles. The highest BCUT2D eigenvalue weighted by Gasteiger charge is 2.21. The average molecular weight is 315 g/mol. The van der Waals surface area contributed by atoms with Crippen LogP contribution in [0.2, 0.25) is 0 Å². The number of hydrogen-bond donors (Lipinski definition) is 1. The zero-order valence-electron chi connectivity index (χ0n) is 12.7. The molecule has 0 aliphatic rings. The minimum atomic E-state index is -3.67. The van der Waals surface area contributed by atoms with Gasteiger partial charge in [0.2, 0.25) is 0 Å². The van der Waals surface area contributed by atoms with E-state index in [1.807, 2.05) is 37.3 Å². The summed E-state index contributed by atoms with van der Waals surface area (Å²) in [5.41, 5.74) is 1.97. The Bertz CT molecular complexity index is 953. The van der Waals surface area contributed by atoms with Gasteiger partial charge in [-0.05, 0) is 25.3 Å². The molecule has 6 heteroatoms. The number of aryl methyl sites for hydroxylation is 2. The van der Waals surface area contributed by atoms with Gasteiger partial charge in [0.1, 0.15) is 0 Å². The van der Waals surface area contributed by atoms with Crippen molar-refractivity contribution in [3.63, 3.8) is 0 Å². The van der Waals surface area contributed by atoms with Crippen LogP contribution in [0.15, 0.2) is 47.4 Å². The Morgan fingerprint density at radius 2 is 1.73 bits per heavy atom. The van der Waals surface area contributed by atoms with E-state index < -0.39 is 10.0 Å². The fourth-order valence-corrected chi connectivity index (χ4v) is 3.95. The van der Waals surface area contributed by atoms with Crippen LogP contribution >= 0.6 is 0 Å². The zero-order chi connectivity index (χ0) is 15.9. The van der Waals surface area contributed by atoms with Gasteiger partial charge < -0.3 is 0 Å². The number of nitrogens with zero attached hydrogens (tertiary/aromatic N) is 2. The SMILES string of the molecule is Cc1nn(C)c(C)c1NS(=O)(=O)c1cccc2ccccc12. The third-order valence-corrected chi connectivity index (χ3v) is 5.19. The van der Waals surface area contributed by atoms with Crippen molar-refractivity contribution in [2.45, 2.75) is 18.7 Å². The topological polar surface area (TPSA) is 64.0 Å². The number of fused-ring (bicyclic) bond motifs is 1. The summed E-state index contributed by atoms with van der Waals surface area (Å²) in [5.74, 6) is 0. The molecule has 3 rings (SSSR count). The van der Waals surface area contributed by atoms with E-state index in [1.54, 1.807) is 30.8 Å². The van der Waals surface area contributed by atoms with E-state index in [0.29, 0.717) is 16.8 Å². The van der Waals surface area contributed by atoms with Gasteiger partial charge in [0.05, 0.1) is 22.0 Å². The standard InChI is InChI=1S/C16H17N3O2S/c1-11-16(12(2)19(3)17-11)18-22(20,21)15-10-6-8-13-7-4-5-9-14(13)15/h4-10,18H,1-3H3. The second kappa shape index (κ2) is 5.14. The molecule has 0 unspecified atom stereocenters. The van der Waals surface area contributed by atoms with Crippen LogP contribution in [-0.4, -0.2) is 18.2 Å². The van der Waals surface area contributed by atoms with Gasteiger partial charge in [0.15, 0.2) is 0 Å². The average Bonchev–Trinajstić information content (AvgIpc) is 2.73. The molecule has 114 valence electrons. The van der Waals surface area contributed by atoms with Gasteiger partial charge in [-0.25, -0.2) is 8.42 Å². The highest BCUT2D eigenvalue weighted by molar-refractivity contribution is 7.93. The van der Waals surface area contributed by atoms with Crippen molar-refractivity contribution in [2.24, 2.45) is 7.05 Å². The third kappa shape index (κ3) is 2.35. The summed E-state index contributed by atoms with van der Waals surface area (Å²) >= 11 is 0. The Morgan fingerprint density at radius 3 is 2.41 bits per heavy atom. The van der Waals surface area contributed by atoms with Gasteiger partial charge in [-0.3, -0.25) is 9.40 Å². The van der Waals surface area contributed by atoms with E-state index in [1.165, 1.54) is 0 Å². The van der Waals surface area contributed by atoms with E-state index in [4.69, 9.17) is 0 Å². The maximum Gasteiger partial charge on any atom is 0.262 e. The van der Waals surface area contributed by atoms with Crippen LogP contribution in [0, 0.1) is 13.8 Å². The summed E-state index contributed by atoms with van der Waals surface area (Å²) in [7, 11) is -1.89. The highest BCUT2D eigenvalue weighted by atomic mass is 32.2. The van der Waals surface area contributed by atoms with Gasteiger partial charge in [0.25, 0.3) is 10.0 Å². The van der Waals surface area contributed by atoms with Crippen molar-refractivity contribution < 1.29 is 8.42 Å². The molecule has 5 nitrogen and oxygen atoms in total. The molecular weight excluding hydrogens is 298 g/mol. The van der Waals surface area contributed by atoms with Crippen LogP contribution < -0.4 is 4.72 Å². The Labute approximate surface area is 129 Å². The molecule has 0 spiro atoms. The highest BCUT2D eigenvalue weighted by Crippen LogP contribution is 2.27. The molecule has 0 fully saturated rings. The van der Waals surface area contributed by atoms with Crippen molar-refractivity contribution >= 4 is 26.5 Å². The maximum atomic E-state index is 12.8. The van der Waals surface area contributed by atoms with E-state index in [9.17, 15) is 8.42 Å². The van der Waals surface area contributed by atoms with Crippen molar-refractivity contribution in [1.82, 2.24) is 9.78 Å². The van der Waals surface area contributed by atoms with Crippen LogP contribution in [0.1, 0.15) is 11.4 Å². The number of benzene rings is 2. The lowest BCUT2D eigenvalue weighted by molar-refractivity contribution is 0.602. The van der Waals surface area contributed by atoms with Crippen molar-refractivity contribution in [1.29, 1.82) is 0 Å². The van der Waals surface area contributed by atoms with Crippen molar-refractivity contribution in [3.05, 3.63) is 53.9 Å². The Morgan fingerprint density at radius 1 is 1.05 bits per heavy atom. The Kier molecular flexibility index (Phi) is 3.41. The zero-order valence-corrected chi connectivity index (χ0v) is 13.5. The number of hydrogen-bond acceptors (Lipinski definition) is 3. The minimum absolute atomic E-state index is 0.272.